The normalized spacial score (nSPS) is 14.7. The van der Waals surface area contributed by atoms with Gasteiger partial charge in [0.25, 0.3) is 11.8 Å². The van der Waals surface area contributed by atoms with E-state index in [1.54, 1.807) is 36.4 Å². The standard InChI is InChI=1S/C29H25BrN2O4/c1-4-5-22-14-21(16-25(30)26(22)36-17-20-10-6-18(2)7-11-20)15-24-27(33)31-29(35)32(28(24)34)23-12-8-19(3)9-13-23/h4,6-16H,1,5,17H2,2-3H3,(H,31,33,35)/b24-15+. The highest BCUT2D eigenvalue weighted by Crippen LogP contribution is 2.33. The second-order valence-electron chi connectivity index (χ2n) is 8.55. The van der Waals surface area contributed by atoms with Crippen LogP contribution in [0.2, 0.25) is 0 Å². The predicted molar refractivity (Wildman–Crippen MR) is 144 cm³/mol. The van der Waals surface area contributed by atoms with Crippen LogP contribution in [-0.4, -0.2) is 17.8 Å². The molecule has 36 heavy (non-hydrogen) atoms. The van der Waals surface area contributed by atoms with Crippen molar-refractivity contribution >= 4 is 45.5 Å². The molecule has 0 aromatic heterocycles. The second kappa shape index (κ2) is 10.7. The highest BCUT2D eigenvalue weighted by molar-refractivity contribution is 9.10. The van der Waals surface area contributed by atoms with Crippen LogP contribution in [0.4, 0.5) is 10.5 Å². The Balaban J connectivity index is 1.65. The number of anilines is 1. The minimum Gasteiger partial charge on any atom is -0.487 e. The van der Waals surface area contributed by atoms with E-state index in [1.165, 1.54) is 11.6 Å². The summed E-state index contributed by atoms with van der Waals surface area (Å²) in [6.07, 6.45) is 3.76. The number of amides is 4. The monoisotopic (exact) mass is 544 g/mol. The highest BCUT2D eigenvalue weighted by atomic mass is 79.9. The van der Waals surface area contributed by atoms with Crippen LogP contribution in [0.1, 0.15) is 27.8 Å². The van der Waals surface area contributed by atoms with E-state index in [0.717, 1.165) is 21.6 Å². The van der Waals surface area contributed by atoms with Crippen molar-refractivity contribution < 1.29 is 19.1 Å². The van der Waals surface area contributed by atoms with E-state index in [0.29, 0.717) is 34.5 Å². The maximum absolute atomic E-state index is 13.2. The maximum Gasteiger partial charge on any atom is 0.335 e. The number of allylic oxidation sites excluding steroid dienone is 1. The molecule has 1 N–H and O–H groups in total. The van der Waals surface area contributed by atoms with Gasteiger partial charge in [0.15, 0.2) is 0 Å². The van der Waals surface area contributed by atoms with E-state index in [4.69, 9.17) is 4.74 Å². The quantitative estimate of drug-likeness (QED) is 0.223. The van der Waals surface area contributed by atoms with Crippen molar-refractivity contribution in [1.82, 2.24) is 5.32 Å². The maximum atomic E-state index is 13.2. The number of barbiturate groups is 1. The summed E-state index contributed by atoms with van der Waals surface area (Å²) >= 11 is 3.57. The number of nitrogens with one attached hydrogen (secondary N) is 1. The Morgan fingerprint density at radius 3 is 2.25 bits per heavy atom. The van der Waals surface area contributed by atoms with Crippen molar-refractivity contribution in [2.45, 2.75) is 26.9 Å². The fraction of sp³-hybridized carbons (Fsp3) is 0.138. The lowest BCUT2D eigenvalue weighted by Crippen LogP contribution is -2.54. The number of hydrogen-bond donors (Lipinski definition) is 1. The number of nitrogens with zero attached hydrogens (tertiary/aromatic N) is 1. The van der Waals surface area contributed by atoms with Crippen molar-refractivity contribution in [3.63, 3.8) is 0 Å². The number of ether oxygens (including phenoxy) is 1. The van der Waals surface area contributed by atoms with Crippen LogP contribution in [0.25, 0.3) is 6.08 Å². The van der Waals surface area contributed by atoms with E-state index in [2.05, 4.69) is 27.8 Å². The Morgan fingerprint density at radius 1 is 0.972 bits per heavy atom. The predicted octanol–water partition coefficient (Wildman–Crippen LogP) is 6.04. The number of urea groups is 1. The minimum absolute atomic E-state index is 0.139. The summed E-state index contributed by atoms with van der Waals surface area (Å²) in [7, 11) is 0. The van der Waals surface area contributed by atoms with Crippen molar-refractivity contribution in [2.75, 3.05) is 4.90 Å². The molecule has 0 atom stereocenters. The molecule has 0 radical (unpaired) electrons. The van der Waals surface area contributed by atoms with Crippen LogP contribution in [0.5, 0.6) is 5.75 Å². The van der Waals surface area contributed by atoms with Gasteiger partial charge in [-0.05, 0) is 83.2 Å². The fourth-order valence-electron chi connectivity index (χ4n) is 3.82. The van der Waals surface area contributed by atoms with Gasteiger partial charge in [-0.1, -0.05) is 53.6 Å². The first kappa shape index (κ1) is 25.1. The van der Waals surface area contributed by atoms with Crippen LogP contribution in [0.15, 0.2) is 83.4 Å². The van der Waals surface area contributed by atoms with Gasteiger partial charge in [0.1, 0.15) is 17.9 Å². The van der Waals surface area contributed by atoms with Gasteiger partial charge in [-0.15, -0.1) is 6.58 Å². The smallest absolute Gasteiger partial charge is 0.335 e. The summed E-state index contributed by atoms with van der Waals surface area (Å²) in [5.74, 6) is -0.767. The lowest BCUT2D eigenvalue weighted by Gasteiger charge is -2.26. The van der Waals surface area contributed by atoms with E-state index < -0.39 is 17.8 Å². The molecule has 4 amide bonds. The van der Waals surface area contributed by atoms with Crippen LogP contribution in [-0.2, 0) is 22.6 Å². The average molecular weight is 545 g/mol. The number of rotatable bonds is 7. The molecule has 1 saturated heterocycles. The van der Waals surface area contributed by atoms with Crippen molar-refractivity contribution in [3.05, 3.63) is 111 Å². The van der Waals surface area contributed by atoms with Gasteiger partial charge >= 0.3 is 6.03 Å². The van der Waals surface area contributed by atoms with Gasteiger partial charge in [0.2, 0.25) is 0 Å². The molecular weight excluding hydrogens is 520 g/mol. The Kier molecular flexibility index (Phi) is 7.50. The summed E-state index contributed by atoms with van der Waals surface area (Å²) in [5, 5.41) is 2.26. The first-order valence-corrected chi connectivity index (χ1v) is 12.2. The molecule has 4 rings (SSSR count). The molecule has 6 nitrogen and oxygen atoms in total. The third kappa shape index (κ3) is 5.47. The van der Waals surface area contributed by atoms with Gasteiger partial charge in [-0.2, -0.15) is 0 Å². The van der Waals surface area contributed by atoms with Crippen LogP contribution >= 0.6 is 15.9 Å². The Morgan fingerprint density at radius 2 is 1.61 bits per heavy atom. The average Bonchev–Trinajstić information content (AvgIpc) is 2.83. The molecule has 0 unspecified atom stereocenters. The van der Waals surface area contributed by atoms with Gasteiger partial charge in [0, 0.05) is 0 Å². The summed E-state index contributed by atoms with van der Waals surface area (Å²) in [6.45, 7) is 8.16. The highest BCUT2D eigenvalue weighted by Gasteiger charge is 2.36. The molecule has 0 aliphatic carbocycles. The number of carbonyl (C=O) groups excluding carboxylic acids is 3. The molecule has 1 aliphatic heterocycles. The summed E-state index contributed by atoms with van der Waals surface area (Å²) in [4.78, 5) is 39.2. The van der Waals surface area contributed by atoms with Crippen molar-refractivity contribution in [1.29, 1.82) is 0 Å². The second-order valence-corrected chi connectivity index (χ2v) is 9.41. The number of carbonyl (C=O) groups is 3. The minimum atomic E-state index is -0.778. The third-order valence-corrected chi connectivity index (χ3v) is 6.30. The first-order valence-electron chi connectivity index (χ1n) is 11.4. The largest absolute Gasteiger partial charge is 0.487 e. The van der Waals surface area contributed by atoms with Gasteiger partial charge in [-0.25, -0.2) is 9.69 Å². The lowest BCUT2D eigenvalue weighted by atomic mass is 10.0. The molecule has 1 fully saturated rings. The van der Waals surface area contributed by atoms with Crippen molar-refractivity contribution in [3.8, 4) is 5.75 Å². The van der Waals surface area contributed by atoms with Crippen LogP contribution in [0.3, 0.4) is 0 Å². The zero-order chi connectivity index (χ0) is 25.8. The molecule has 3 aromatic carbocycles. The molecule has 3 aromatic rings. The molecule has 1 heterocycles. The zero-order valence-corrected chi connectivity index (χ0v) is 21.6. The molecule has 0 spiro atoms. The van der Waals surface area contributed by atoms with E-state index in [9.17, 15) is 14.4 Å². The number of aryl methyl sites for hydroxylation is 2. The summed E-state index contributed by atoms with van der Waals surface area (Å²) in [5.41, 5.74) is 4.89. The first-order chi connectivity index (χ1) is 17.3. The molecule has 182 valence electrons. The van der Waals surface area contributed by atoms with E-state index >= 15 is 0 Å². The van der Waals surface area contributed by atoms with Gasteiger partial charge < -0.3 is 4.74 Å². The Labute approximate surface area is 218 Å². The fourth-order valence-corrected chi connectivity index (χ4v) is 4.45. The number of halogens is 1. The third-order valence-electron chi connectivity index (χ3n) is 5.72. The van der Waals surface area contributed by atoms with E-state index in [1.807, 2.05) is 44.2 Å². The molecule has 1 aliphatic rings. The van der Waals surface area contributed by atoms with Crippen molar-refractivity contribution in [2.24, 2.45) is 0 Å². The van der Waals surface area contributed by atoms with Gasteiger partial charge in [-0.3, -0.25) is 14.9 Å². The Hall–Kier alpha value is -3.97. The van der Waals surface area contributed by atoms with Crippen LogP contribution in [0, 0.1) is 13.8 Å². The molecule has 0 bridgehead atoms. The number of benzene rings is 3. The number of imide groups is 2. The summed E-state index contributed by atoms with van der Waals surface area (Å²) < 4.78 is 6.79. The topological polar surface area (TPSA) is 75.7 Å². The van der Waals surface area contributed by atoms with Gasteiger partial charge in [0.05, 0.1) is 10.2 Å². The Bertz CT molecular complexity index is 1380. The summed E-state index contributed by atoms with van der Waals surface area (Å²) in [6, 6.07) is 17.9. The molecule has 7 heteroatoms. The SMILES string of the molecule is C=CCc1cc(/C=C2\C(=O)NC(=O)N(c3ccc(C)cc3)C2=O)cc(Br)c1OCc1ccc(C)cc1. The lowest BCUT2D eigenvalue weighted by molar-refractivity contribution is -0.122. The zero-order valence-electron chi connectivity index (χ0n) is 20.0. The molecule has 0 saturated carbocycles. The van der Waals surface area contributed by atoms with Crippen LogP contribution < -0.4 is 15.0 Å². The molecular formula is C29H25BrN2O4. The van der Waals surface area contributed by atoms with E-state index in [-0.39, 0.29) is 5.57 Å². The number of hydrogen-bond acceptors (Lipinski definition) is 4.